The number of nitrogens with zero attached hydrogens (tertiary/aromatic N) is 3. The van der Waals surface area contributed by atoms with Gasteiger partial charge in [-0.15, -0.1) is 10.2 Å². The number of amides is 1. The molecule has 1 heterocycles. The Hall–Kier alpha value is -3.59. The smallest absolute Gasteiger partial charge is 0.325 e. The number of anilines is 1. The summed E-state index contributed by atoms with van der Waals surface area (Å²) in [7, 11) is 0. The fourth-order valence-electron chi connectivity index (χ4n) is 3.39. The van der Waals surface area contributed by atoms with Crippen molar-refractivity contribution in [2.75, 3.05) is 11.1 Å². The van der Waals surface area contributed by atoms with Crippen LogP contribution in [0.5, 0.6) is 0 Å². The van der Waals surface area contributed by atoms with Gasteiger partial charge in [-0.25, -0.2) is 0 Å². The van der Waals surface area contributed by atoms with Gasteiger partial charge < -0.3 is 5.32 Å². The van der Waals surface area contributed by atoms with Crippen LogP contribution in [-0.4, -0.2) is 26.4 Å². The van der Waals surface area contributed by atoms with Gasteiger partial charge in [0, 0.05) is 5.56 Å². The molecule has 0 aliphatic rings. The first-order valence-electron chi connectivity index (χ1n) is 10.4. The lowest BCUT2D eigenvalue weighted by Gasteiger charge is -2.14. The Kier molecular flexibility index (Phi) is 6.74. The van der Waals surface area contributed by atoms with Crippen LogP contribution in [0.1, 0.15) is 16.7 Å². The number of nitrogens with one attached hydrogen (secondary N) is 1. The molecule has 0 bridgehead atoms. The highest BCUT2D eigenvalue weighted by Gasteiger charge is 2.33. The summed E-state index contributed by atoms with van der Waals surface area (Å²) >= 11 is 1.10. The summed E-state index contributed by atoms with van der Waals surface area (Å²) in [5, 5.41) is 11.4. The van der Waals surface area contributed by atoms with Gasteiger partial charge in [-0.3, -0.25) is 9.36 Å². The molecule has 0 aliphatic heterocycles. The molecule has 0 spiro atoms. The van der Waals surface area contributed by atoms with Crippen LogP contribution in [0.4, 0.5) is 18.9 Å². The van der Waals surface area contributed by atoms with Crippen molar-refractivity contribution in [2.45, 2.75) is 25.2 Å². The van der Waals surface area contributed by atoms with E-state index in [1.165, 1.54) is 18.2 Å². The zero-order chi connectivity index (χ0) is 24.3. The Morgan fingerprint density at radius 2 is 1.65 bits per heavy atom. The van der Waals surface area contributed by atoms with E-state index in [2.05, 4.69) is 15.5 Å². The van der Waals surface area contributed by atoms with Crippen LogP contribution >= 0.6 is 11.8 Å². The molecule has 1 aromatic heterocycles. The zero-order valence-electron chi connectivity index (χ0n) is 18.4. The predicted octanol–water partition coefficient (Wildman–Crippen LogP) is 6.30. The van der Waals surface area contributed by atoms with Crippen molar-refractivity contribution in [2.24, 2.45) is 0 Å². The molecule has 1 N–H and O–H groups in total. The number of thioether (sulfide) groups is 1. The number of aromatic nitrogens is 3. The van der Waals surface area contributed by atoms with E-state index < -0.39 is 17.6 Å². The highest BCUT2D eigenvalue weighted by molar-refractivity contribution is 7.99. The number of halogens is 3. The average Bonchev–Trinajstić information content (AvgIpc) is 3.24. The zero-order valence-corrected chi connectivity index (χ0v) is 19.2. The minimum Gasteiger partial charge on any atom is -0.325 e. The largest absolute Gasteiger partial charge is 0.418 e. The molecule has 9 heteroatoms. The van der Waals surface area contributed by atoms with Crippen LogP contribution in [0.3, 0.4) is 0 Å². The first kappa shape index (κ1) is 23.6. The van der Waals surface area contributed by atoms with Crippen LogP contribution in [0, 0.1) is 13.8 Å². The normalized spacial score (nSPS) is 11.4. The van der Waals surface area contributed by atoms with Gasteiger partial charge in [0.25, 0.3) is 0 Å². The van der Waals surface area contributed by atoms with E-state index in [9.17, 15) is 18.0 Å². The Labute approximate surface area is 199 Å². The van der Waals surface area contributed by atoms with E-state index in [-0.39, 0.29) is 11.4 Å². The van der Waals surface area contributed by atoms with Crippen molar-refractivity contribution in [3.8, 4) is 17.1 Å². The summed E-state index contributed by atoms with van der Waals surface area (Å²) in [4.78, 5) is 12.5. The number of hydrogen-bond donors (Lipinski definition) is 1. The molecule has 34 heavy (non-hydrogen) atoms. The van der Waals surface area contributed by atoms with Crippen molar-refractivity contribution in [3.63, 3.8) is 0 Å². The maximum Gasteiger partial charge on any atom is 0.418 e. The molecule has 0 fully saturated rings. The number of benzene rings is 3. The summed E-state index contributed by atoms with van der Waals surface area (Å²) in [5.74, 6) is -0.101. The van der Waals surface area contributed by atoms with Gasteiger partial charge in [-0.1, -0.05) is 60.3 Å². The molecular formula is C25H21F3N4OS. The van der Waals surface area contributed by atoms with Crippen molar-refractivity contribution >= 4 is 23.4 Å². The number of para-hydroxylation sites is 1. The quantitative estimate of drug-likeness (QED) is 0.328. The van der Waals surface area contributed by atoms with Crippen LogP contribution in [0.25, 0.3) is 17.1 Å². The highest BCUT2D eigenvalue weighted by Crippen LogP contribution is 2.35. The third-order valence-electron chi connectivity index (χ3n) is 5.25. The first-order valence-corrected chi connectivity index (χ1v) is 11.4. The van der Waals surface area contributed by atoms with Crippen molar-refractivity contribution in [3.05, 3.63) is 89.5 Å². The Morgan fingerprint density at radius 1 is 0.941 bits per heavy atom. The topological polar surface area (TPSA) is 59.8 Å². The standard InChI is InChI=1S/C25H21F3N4OS/c1-16-12-13-19(14-17(16)2)32-23(18-8-4-3-5-9-18)30-31-24(32)34-15-22(33)29-21-11-7-6-10-20(21)25(26,27)28/h3-14H,15H2,1-2H3,(H,29,33). The minimum atomic E-state index is -4.56. The number of alkyl halides is 3. The molecule has 1 amide bonds. The third-order valence-corrected chi connectivity index (χ3v) is 6.18. The molecule has 0 aliphatic carbocycles. The van der Waals surface area contributed by atoms with E-state index in [4.69, 9.17) is 0 Å². The van der Waals surface area contributed by atoms with Crippen LogP contribution < -0.4 is 5.32 Å². The third kappa shape index (κ3) is 5.14. The molecular weight excluding hydrogens is 461 g/mol. The van der Waals surface area contributed by atoms with Gasteiger partial charge in [-0.2, -0.15) is 13.2 Å². The molecule has 4 rings (SSSR count). The van der Waals surface area contributed by atoms with Crippen molar-refractivity contribution < 1.29 is 18.0 Å². The van der Waals surface area contributed by atoms with Gasteiger partial charge in [0.05, 0.1) is 22.7 Å². The number of carbonyl (C=O) groups is 1. The summed E-state index contributed by atoms with van der Waals surface area (Å²) < 4.78 is 41.6. The summed E-state index contributed by atoms with van der Waals surface area (Å²) in [5.41, 5.74) is 2.73. The first-order chi connectivity index (χ1) is 16.2. The second kappa shape index (κ2) is 9.72. The Bertz CT molecular complexity index is 1320. The lowest BCUT2D eigenvalue weighted by atomic mass is 10.1. The number of carbonyl (C=O) groups excluding carboxylic acids is 1. The number of hydrogen-bond acceptors (Lipinski definition) is 4. The fraction of sp³-hybridized carbons (Fsp3) is 0.160. The predicted molar refractivity (Wildman–Crippen MR) is 127 cm³/mol. The molecule has 3 aromatic carbocycles. The van der Waals surface area contributed by atoms with Crippen LogP contribution in [0.15, 0.2) is 78.0 Å². The van der Waals surface area contributed by atoms with E-state index in [0.29, 0.717) is 11.0 Å². The number of rotatable bonds is 6. The lowest BCUT2D eigenvalue weighted by Crippen LogP contribution is -2.18. The summed E-state index contributed by atoms with van der Waals surface area (Å²) in [6, 6.07) is 20.4. The minimum absolute atomic E-state index is 0.135. The van der Waals surface area contributed by atoms with Gasteiger partial charge in [0.1, 0.15) is 0 Å². The van der Waals surface area contributed by atoms with E-state index in [0.717, 1.165) is 40.2 Å². The van der Waals surface area contributed by atoms with Crippen LogP contribution in [-0.2, 0) is 11.0 Å². The second-order valence-electron chi connectivity index (χ2n) is 7.66. The summed E-state index contributed by atoms with van der Waals surface area (Å²) in [6.45, 7) is 4.02. The van der Waals surface area contributed by atoms with Crippen LogP contribution in [0.2, 0.25) is 0 Å². The van der Waals surface area contributed by atoms with Gasteiger partial charge >= 0.3 is 6.18 Å². The second-order valence-corrected chi connectivity index (χ2v) is 8.60. The SMILES string of the molecule is Cc1ccc(-n2c(SCC(=O)Nc3ccccc3C(F)(F)F)nnc2-c2ccccc2)cc1C. The maximum atomic E-state index is 13.2. The average molecular weight is 483 g/mol. The lowest BCUT2D eigenvalue weighted by molar-refractivity contribution is -0.137. The molecule has 0 atom stereocenters. The molecule has 0 radical (unpaired) electrons. The van der Waals surface area contributed by atoms with E-state index in [1.54, 1.807) is 0 Å². The summed E-state index contributed by atoms with van der Waals surface area (Å²) in [6.07, 6.45) is -4.56. The molecule has 174 valence electrons. The molecule has 0 saturated carbocycles. The van der Waals surface area contributed by atoms with Gasteiger partial charge in [-0.05, 0) is 49.2 Å². The highest BCUT2D eigenvalue weighted by atomic mass is 32.2. The van der Waals surface area contributed by atoms with E-state index >= 15 is 0 Å². The molecule has 0 saturated heterocycles. The van der Waals surface area contributed by atoms with Crippen molar-refractivity contribution in [1.29, 1.82) is 0 Å². The fourth-order valence-corrected chi connectivity index (χ4v) is 4.14. The number of aryl methyl sites for hydroxylation is 2. The monoisotopic (exact) mass is 482 g/mol. The molecule has 5 nitrogen and oxygen atoms in total. The molecule has 0 unspecified atom stereocenters. The Balaban J connectivity index is 1.61. The van der Waals surface area contributed by atoms with Gasteiger partial charge in [0.2, 0.25) is 5.91 Å². The van der Waals surface area contributed by atoms with E-state index in [1.807, 2.05) is 66.9 Å². The van der Waals surface area contributed by atoms with Gasteiger partial charge in [0.15, 0.2) is 11.0 Å². The molecule has 4 aromatic rings. The Morgan fingerprint density at radius 3 is 2.35 bits per heavy atom. The maximum absolute atomic E-state index is 13.2. The van der Waals surface area contributed by atoms with Crippen molar-refractivity contribution in [1.82, 2.24) is 14.8 Å².